The second-order valence-corrected chi connectivity index (χ2v) is 8.81. The van der Waals surface area contributed by atoms with Crippen LogP contribution in [0, 0.1) is 19.3 Å². The van der Waals surface area contributed by atoms with Crippen LogP contribution in [0.5, 0.6) is 0 Å². The van der Waals surface area contributed by atoms with Gasteiger partial charge >= 0.3 is 0 Å². The van der Waals surface area contributed by atoms with E-state index in [9.17, 15) is 4.79 Å². The highest BCUT2D eigenvalue weighted by atomic mass is 16.1. The molecule has 4 rings (SSSR count). The number of piperidine rings is 1. The van der Waals surface area contributed by atoms with Gasteiger partial charge in [-0.25, -0.2) is 0 Å². The van der Waals surface area contributed by atoms with E-state index in [-0.39, 0.29) is 18.4 Å². The van der Waals surface area contributed by atoms with Gasteiger partial charge in [0.15, 0.2) is 0 Å². The van der Waals surface area contributed by atoms with Crippen molar-refractivity contribution in [1.29, 1.82) is 0 Å². The van der Waals surface area contributed by atoms with Gasteiger partial charge in [-0.05, 0) is 67.6 Å². The summed E-state index contributed by atoms with van der Waals surface area (Å²) in [7, 11) is 0. The Bertz CT molecular complexity index is 1160. The molecule has 2 aromatic carbocycles. The van der Waals surface area contributed by atoms with E-state index < -0.39 is 0 Å². The third-order valence-corrected chi connectivity index (χ3v) is 6.12. The summed E-state index contributed by atoms with van der Waals surface area (Å²) in [4.78, 5) is 12.4. The molecule has 2 heterocycles. The van der Waals surface area contributed by atoms with Crippen LogP contribution in [0.1, 0.15) is 68.4 Å². The Morgan fingerprint density at radius 3 is 2.35 bits per heavy atom. The molecular formula is C33H43BN2O. The van der Waals surface area contributed by atoms with Gasteiger partial charge in [-0.1, -0.05) is 80.6 Å². The van der Waals surface area contributed by atoms with Gasteiger partial charge in [-0.2, -0.15) is 0 Å². The summed E-state index contributed by atoms with van der Waals surface area (Å²) >= 11 is 0. The fourth-order valence-corrected chi connectivity index (χ4v) is 4.52. The number of aryl methyl sites for hydroxylation is 1. The molecule has 1 fully saturated rings. The van der Waals surface area contributed by atoms with Crippen molar-refractivity contribution in [2.75, 3.05) is 6.54 Å². The average molecular weight is 495 g/mol. The lowest BCUT2D eigenvalue weighted by Gasteiger charge is -2.27. The maximum Gasteiger partial charge on any atom is 0.222 e. The molecule has 0 radical (unpaired) electrons. The summed E-state index contributed by atoms with van der Waals surface area (Å²) in [5.74, 6) is 2.52. The minimum Gasteiger partial charge on any atom is -0.331 e. The number of amides is 1. The second kappa shape index (κ2) is 16.2. The van der Waals surface area contributed by atoms with Crippen LogP contribution in [0.2, 0.25) is 5.82 Å². The molecule has 2 N–H and O–H groups in total. The van der Waals surface area contributed by atoms with Gasteiger partial charge in [-0.15, -0.1) is 26.2 Å². The number of hydrogen-bond acceptors (Lipinski definition) is 2. The number of allylic oxidation sites excluding steroid dienone is 2. The molecule has 2 aliphatic heterocycles. The molecule has 4 heteroatoms. The third kappa shape index (κ3) is 8.52. The maximum atomic E-state index is 12.4. The zero-order chi connectivity index (χ0) is 28.0. The molecule has 194 valence electrons. The van der Waals surface area contributed by atoms with Gasteiger partial charge in [0, 0.05) is 23.6 Å². The Labute approximate surface area is 225 Å². The minimum atomic E-state index is -0.0973. The van der Waals surface area contributed by atoms with E-state index in [1.807, 2.05) is 52.0 Å². The molecule has 0 aliphatic carbocycles. The van der Waals surface area contributed by atoms with Crippen molar-refractivity contribution in [1.82, 2.24) is 10.6 Å². The predicted molar refractivity (Wildman–Crippen MR) is 164 cm³/mol. The minimum absolute atomic E-state index is 0.000812. The van der Waals surface area contributed by atoms with Gasteiger partial charge in [-0.3, -0.25) is 4.79 Å². The molecular weight excluding hydrogens is 451 g/mol. The number of benzene rings is 2. The number of terminal acetylenes is 1. The van der Waals surface area contributed by atoms with E-state index in [0.717, 1.165) is 53.7 Å². The molecule has 2 aromatic rings. The number of nitrogens with one attached hydrogen (secondary N) is 2. The smallest absolute Gasteiger partial charge is 0.222 e. The van der Waals surface area contributed by atoms with E-state index in [0.29, 0.717) is 0 Å². The van der Waals surface area contributed by atoms with Gasteiger partial charge < -0.3 is 10.6 Å². The quantitative estimate of drug-likeness (QED) is 0.264. The first kappa shape index (κ1) is 31.5. The maximum absolute atomic E-state index is 12.4. The highest BCUT2D eigenvalue weighted by molar-refractivity contribution is 6.99. The second-order valence-electron chi connectivity index (χ2n) is 8.81. The van der Waals surface area contributed by atoms with Crippen LogP contribution in [-0.2, 0) is 11.3 Å². The Balaban J connectivity index is 0.000000406. The molecule has 0 saturated carbocycles. The van der Waals surface area contributed by atoms with Crippen molar-refractivity contribution in [2.45, 2.75) is 59.8 Å². The van der Waals surface area contributed by atoms with Crippen molar-refractivity contribution in [3.05, 3.63) is 108 Å². The Morgan fingerprint density at radius 2 is 1.81 bits per heavy atom. The first-order chi connectivity index (χ1) is 17.8. The Hall–Kier alpha value is -3.55. The number of carbonyl (C=O) groups is 1. The van der Waals surface area contributed by atoms with E-state index in [1.165, 1.54) is 16.7 Å². The van der Waals surface area contributed by atoms with Gasteiger partial charge in [0.25, 0.3) is 0 Å². The summed E-state index contributed by atoms with van der Waals surface area (Å²) in [6.07, 6.45) is 8.56. The van der Waals surface area contributed by atoms with E-state index >= 15 is 0 Å². The van der Waals surface area contributed by atoms with Crippen molar-refractivity contribution in [3.8, 4) is 12.3 Å². The van der Waals surface area contributed by atoms with Gasteiger partial charge in [0.05, 0.1) is 0 Å². The number of carbonyl (C=O) groups excluding carboxylic acids is 1. The zero-order valence-electron chi connectivity index (χ0n) is 23.4. The molecule has 1 atom stereocenters. The van der Waals surface area contributed by atoms with Crippen LogP contribution in [0.15, 0.2) is 80.6 Å². The zero-order valence-corrected chi connectivity index (χ0v) is 23.4. The SMILES string of the molecule is C#Cc1cccc(C)c1.C=C1CCC(B2C(=C)c3cccc(CNCC)c3C2=C)C(=O)N1.C=CC.CC. The largest absolute Gasteiger partial charge is 0.331 e. The summed E-state index contributed by atoms with van der Waals surface area (Å²) in [6.45, 7) is 27.6. The van der Waals surface area contributed by atoms with Gasteiger partial charge in [0.2, 0.25) is 12.6 Å². The van der Waals surface area contributed by atoms with Crippen LogP contribution >= 0.6 is 0 Å². The molecule has 1 amide bonds. The van der Waals surface area contributed by atoms with Crippen LogP contribution in [0.25, 0.3) is 10.9 Å². The van der Waals surface area contributed by atoms with Crippen LogP contribution in [-0.4, -0.2) is 19.2 Å². The fourth-order valence-electron chi connectivity index (χ4n) is 4.52. The lowest BCUT2D eigenvalue weighted by Crippen LogP contribution is -2.39. The molecule has 1 unspecified atom stereocenters. The van der Waals surface area contributed by atoms with Crippen LogP contribution < -0.4 is 10.6 Å². The lowest BCUT2D eigenvalue weighted by molar-refractivity contribution is -0.121. The summed E-state index contributed by atoms with van der Waals surface area (Å²) < 4.78 is 0. The molecule has 0 spiro atoms. The molecule has 1 saturated heterocycles. The van der Waals surface area contributed by atoms with E-state index in [1.54, 1.807) is 6.08 Å². The molecule has 0 bridgehead atoms. The molecule has 2 aliphatic rings. The topological polar surface area (TPSA) is 41.1 Å². The normalized spacial score (nSPS) is 15.5. The number of fused-ring (bicyclic) bond motifs is 1. The van der Waals surface area contributed by atoms with E-state index in [4.69, 9.17) is 6.42 Å². The highest BCUT2D eigenvalue weighted by Crippen LogP contribution is 2.46. The standard InChI is InChI=1S/C19H23BN2O.C9H8.C3H6.C2H6/c1-5-21-11-15-7-6-8-16-13(3)20(14(4)18(15)16)17-10-9-12(2)22-19(17)23;1-3-9-6-4-5-8(2)7-9;1-3-2;1-2/h6-8,17,21H,2-5,9-11H2,1H3,(H,22,23);1,4-7H,2H3;3H,1H2,2H3;1-2H3. The first-order valence-electron chi connectivity index (χ1n) is 13.1. The van der Waals surface area contributed by atoms with Crippen molar-refractivity contribution in [3.63, 3.8) is 0 Å². The first-order valence-corrected chi connectivity index (χ1v) is 13.1. The number of hydrogen-bond donors (Lipinski definition) is 2. The third-order valence-electron chi connectivity index (χ3n) is 6.12. The Kier molecular flexibility index (Phi) is 13.8. The summed E-state index contributed by atoms with van der Waals surface area (Å²) in [6, 6.07) is 14.2. The number of rotatable bonds is 4. The monoisotopic (exact) mass is 494 g/mol. The van der Waals surface area contributed by atoms with Crippen molar-refractivity contribution < 1.29 is 4.79 Å². The van der Waals surface area contributed by atoms with E-state index in [2.05, 4.69) is 68.0 Å². The molecule has 37 heavy (non-hydrogen) atoms. The van der Waals surface area contributed by atoms with Crippen LogP contribution in [0.3, 0.4) is 0 Å². The van der Waals surface area contributed by atoms with Crippen molar-refractivity contribution >= 4 is 23.6 Å². The van der Waals surface area contributed by atoms with Crippen molar-refractivity contribution in [2.24, 2.45) is 0 Å². The predicted octanol–water partition coefficient (Wildman–Crippen LogP) is 7.40. The highest BCUT2D eigenvalue weighted by Gasteiger charge is 2.43. The Morgan fingerprint density at radius 1 is 1.16 bits per heavy atom. The fraction of sp³-hybridized carbons (Fsp3) is 0.303. The average Bonchev–Trinajstić information content (AvgIpc) is 3.15. The molecule has 3 nitrogen and oxygen atoms in total. The lowest BCUT2D eigenvalue weighted by atomic mass is 9.34. The van der Waals surface area contributed by atoms with Crippen LogP contribution in [0.4, 0.5) is 0 Å². The molecule has 0 aromatic heterocycles. The van der Waals surface area contributed by atoms with Gasteiger partial charge in [0.1, 0.15) is 0 Å². The summed E-state index contributed by atoms with van der Waals surface area (Å²) in [5.41, 5.74) is 8.60. The summed E-state index contributed by atoms with van der Waals surface area (Å²) in [5, 5.41) is 6.27.